The molecule has 5 heteroatoms. The van der Waals surface area contributed by atoms with Crippen molar-refractivity contribution < 1.29 is 19.0 Å². The minimum atomic E-state index is -0.533. The Morgan fingerprint density at radius 1 is 1.47 bits per heavy atom. The zero-order valence-electron chi connectivity index (χ0n) is 9.94. The van der Waals surface area contributed by atoms with Gasteiger partial charge in [-0.3, -0.25) is 4.79 Å². The van der Waals surface area contributed by atoms with Crippen LogP contribution in [-0.4, -0.2) is 36.6 Å². The van der Waals surface area contributed by atoms with E-state index in [0.717, 1.165) is 0 Å². The molecule has 94 valence electrons. The highest BCUT2D eigenvalue weighted by molar-refractivity contribution is 5.75. The Balaban J connectivity index is 2.50. The predicted molar refractivity (Wildman–Crippen MR) is 61.1 cm³/mol. The summed E-state index contributed by atoms with van der Waals surface area (Å²) in [4.78, 5) is 12.7. The number of ether oxygens (including phenoxy) is 1. The van der Waals surface area contributed by atoms with E-state index >= 15 is 0 Å². The first-order valence-electron chi connectivity index (χ1n) is 5.27. The second-order valence-corrected chi connectivity index (χ2v) is 3.81. The van der Waals surface area contributed by atoms with E-state index in [1.54, 1.807) is 20.2 Å². The number of hydrogen-bond acceptors (Lipinski definition) is 3. The largest absolute Gasteiger partial charge is 0.490 e. The van der Waals surface area contributed by atoms with Crippen molar-refractivity contribution >= 4 is 5.91 Å². The molecule has 0 aliphatic carbocycles. The molecule has 0 aromatic heterocycles. The van der Waals surface area contributed by atoms with Crippen LogP contribution in [0.2, 0.25) is 0 Å². The van der Waals surface area contributed by atoms with Gasteiger partial charge in [-0.15, -0.1) is 0 Å². The first-order valence-corrected chi connectivity index (χ1v) is 5.27. The van der Waals surface area contributed by atoms with E-state index in [1.807, 2.05) is 0 Å². The number of hydrogen-bond donors (Lipinski definition) is 1. The topological polar surface area (TPSA) is 49.8 Å². The number of nitrogens with zero attached hydrogens (tertiary/aromatic N) is 1. The summed E-state index contributed by atoms with van der Waals surface area (Å²) in [6.07, 6.45) is 0.203. The SMILES string of the molecule is CN(C)C(=O)CCOc1ccc(CO)cc1F. The van der Waals surface area contributed by atoms with E-state index < -0.39 is 5.82 Å². The predicted octanol–water partition coefficient (Wildman–Crippen LogP) is 1.18. The van der Waals surface area contributed by atoms with Gasteiger partial charge >= 0.3 is 0 Å². The number of carbonyl (C=O) groups excluding carboxylic acids is 1. The Bertz CT molecular complexity index is 393. The van der Waals surface area contributed by atoms with Crippen molar-refractivity contribution in [2.24, 2.45) is 0 Å². The summed E-state index contributed by atoms with van der Waals surface area (Å²) in [5.74, 6) is -0.514. The lowest BCUT2D eigenvalue weighted by molar-refractivity contribution is -0.129. The number of aliphatic hydroxyl groups excluding tert-OH is 1. The molecule has 0 spiro atoms. The smallest absolute Gasteiger partial charge is 0.225 e. The van der Waals surface area contributed by atoms with Crippen LogP contribution in [0.3, 0.4) is 0 Å². The number of aliphatic hydroxyl groups is 1. The van der Waals surface area contributed by atoms with Gasteiger partial charge in [-0.1, -0.05) is 6.07 Å². The van der Waals surface area contributed by atoms with Gasteiger partial charge in [-0.25, -0.2) is 4.39 Å². The molecule has 0 heterocycles. The van der Waals surface area contributed by atoms with Gasteiger partial charge in [0.15, 0.2) is 11.6 Å². The molecule has 0 radical (unpaired) electrons. The van der Waals surface area contributed by atoms with E-state index in [-0.39, 0.29) is 31.3 Å². The van der Waals surface area contributed by atoms with E-state index in [2.05, 4.69) is 0 Å². The summed E-state index contributed by atoms with van der Waals surface area (Å²) in [7, 11) is 3.30. The van der Waals surface area contributed by atoms with Crippen LogP contribution < -0.4 is 4.74 Å². The van der Waals surface area contributed by atoms with Gasteiger partial charge in [0.2, 0.25) is 5.91 Å². The molecule has 0 saturated heterocycles. The zero-order valence-corrected chi connectivity index (χ0v) is 9.94. The molecule has 0 saturated carbocycles. The molecule has 0 unspecified atom stereocenters. The van der Waals surface area contributed by atoms with Crippen molar-refractivity contribution in [2.45, 2.75) is 13.0 Å². The first kappa shape index (κ1) is 13.4. The Hall–Kier alpha value is -1.62. The Morgan fingerprint density at radius 2 is 2.18 bits per heavy atom. The lowest BCUT2D eigenvalue weighted by atomic mass is 10.2. The van der Waals surface area contributed by atoms with E-state index in [1.165, 1.54) is 17.0 Å². The molecule has 1 rings (SSSR count). The third-order valence-electron chi connectivity index (χ3n) is 2.25. The molecule has 4 nitrogen and oxygen atoms in total. The van der Waals surface area contributed by atoms with Gasteiger partial charge in [0.1, 0.15) is 0 Å². The Morgan fingerprint density at radius 3 is 2.71 bits per heavy atom. The number of carbonyl (C=O) groups is 1. The fourth-order valence-electron chi connectivity index (χ4n) is 1.23. The number of amides is 1. The van der Waals surface area contributed by atoms with Crippen LogP contribution in [0, 0.1) is 5.82 Å². The molecule has 17 heavy (non-hydrogen) atoms. The molecule has 1 amide bonds. The van der Waals surface area contributed by atoms with E-state index in [0.29, 0.717) is 5.56 Å². The van der Waals surface area contributed by atoms with Crippen molar-refractivity contribution in [3.63, 3.8) is 0 Å². The standard InChI is InChI=1S/C12H16FNO3/c1-14(2)12(16)5-6-17-11-4-3-9(8-15)7-10(11)13/h3-4,7,15H,5-6,8H2,1-2H3. The Labute approximate surface area is 99.6 Å². The fraction of sp³-hybridized carbons (Fsp3) is 0.417. The summed E-state index contributed by atoms with van der Waals surface area (Å²) in [5.41, 5.74) is 0.485. The lowest BCUT2D eigenvalue weighted by Crippen LogP contribution is -2.23. The molecule has 0 aliphatic heterocycles. The summed E-state index contributed by atoms with van der Waals surface area (Å²) in [6.45, 7) is -0.0806. The molecule has 0 fully saturated rings. The van der Waals surface area contributed by atoms with Gasteiger partial charge in [-0.05, 0) is 17.7 Å². The van der Waals surface area contributed by atoms with Crippen molar-refractivity contribution in [3.8, 4) is 5.75 Å². The zero-order chi connectivity index (χ0) is 12.8. The van der Waals surface area contributed by atoms with Crippen LogP contribution in [0.4, 0.5) is 4.39 Å². The fourth-order valence-corrected chi connectivity index (χ4v) is 1.23. The molecule has 0 aliphatic rings. The van der Waals surface area contributed by atoms with Gasteiger partial charge in [0.25, 0.3) is 0 Å². The van der Waals surface area contributed by atoms with Crippen LogP contribution in [0.5, 0.6) is 5.75 Å². The summed E-state index contributed by atoms with van der Waals surface area (Å²) in [6, 6.07) is 4.23. The van der Waals surface area contributed by atoms with Crippen molar-refractivity contribution in [3.05, 3.63) is 29.6 Å². The maximum atomic E-state index is 13.4. The second-order valence-electron chi connectivity index (χ2n) is 3.81. The van der Waals surface area contributed by atoms with Crippen LogP contribution in [-0.2, 0) is 11.4 Å². The maximum Gasteiger partial charge on any atom is 0.225 e. The molecule has 0 bridgehead atoms. The van der Waals surface area contributed by atoms with Crippen molar-refractivity contribution in [1.29, 1.82) is 0 Å². The first-order chi connectivity index (χ1) is 8.04. The number of halogens is 1. The molecule has 1 aromatic carbocycles. The third kappa shape index (κ3) is 4.03. The van der Waals surface area contributed by atoms with Crippen molar-refractivity contribution in [2.75, 3.05) is 20.7 Å². The average Bonchev–Trinajstić information content (AvgIpc) is 2.30. The van der Waals surface area contributed by atoms with Gasteiger partial charge in [-0.2, -0.15) is 0 Å². The second kappa shape index (κ2) is 6.20. The van der Waals surface area contributed by atoms with Crippen LogP contribution in [0.15, 0.2) is 18.2 Å². The van der Waals surface area contributed by atoms with Gasteiger partial charge in [0.05, 0.1) is 19.6 Å². The molecule has 0 atom stereocenters. The third-order valence-corrected chi connectivity index (χ3v) is 2.25. The van der Waals surface area contributed by atoms with E-state index in [4.69, 9.17) is 9.84 Å². The maximum absolute atomic E-state index is 13.4. The minimum absolute atomic E-state index is 0.0719. The number of benzene rings is 1. The quantitative estimate of drug-likeness (QED) is 0.842. The van der Waals surface area contributed by atoms with Gasteiger partial charge < -0.3 is 14.7 Å². The molecular formula is C12H16FNO3. The Kier molecular flexibility index (Phi) is 4.90. The van der Waals surface area contributed by atoms with Crippen LogP contribution in [0.25, 0.3) is 0 Å². The molecule has 1 N–H and O–H groups in total. The van der Waals surface area contributed by atoms with E-state index in [9.17, 15) is 9.18 Å². The van der Waals surface area contributed by atoms with Crippen molar-refractivity contribution in [1.82, 2.24) is 4.90 Å². The minimum Gasteiger partial charge on any atom is -0.490 e. The summed E-state index contributed by atoms with van der Waals surface area (Å²) in [5, 5.41) is 8.81. The summed E-state index contributed by atoms with van der Waals surface area (Å²) >= 11 is 0. The highest BCUT2D eigenvalue weighted by atomic mass is 19.1. The molecule has 1 aromatic rings. The van der Waals surface area contributed by atoms with Gasteiger partial charge in [0, 0.05) is 14.1 Å². The van der Waals surface area contributed by atoms with Crippen LogP contribution >= 0.6 is 0 Å². The summed E-state index contributed by atoms with van der Waals surface area (Å²) < 4.78 is 18.5. The monoisotopic (exact) mass is 241 g/mol. The highest BCUT2D eigenvalue weighted by Crippen LogP contribution is 2.18. The molecular weight excluding hydrogens is 225 g/mol. The number of rotatable bonds is 5. The highest BCUT2D eigenvalue weighted by Gasteiger charge is 2.07. The normalized spacial score (nSPS) is 10.1. The van der Waals surface area contributed by atoms with Crippen LogP contribution in [0.1, 0.15) is 12.0 Å². The average molecular weight is 241 g/mol. The lowest BCUT2D eigenvalue weighted by Gasteiger charge is -2.11.